The van der Waals surface area contributed by atoms with Gasteiger partial charge in [0.2, 0.25) is 0 Å². The molecule has 0 bridgehead atoms. The Morgan fingerprint density at radius 3 is 1.70 bits per heavy atom. The second-order valence-corrected chi connectivity index (χ2v) is 17.3. The standard InChI is InChI=1S/C61H44N2/c1-61(2)55-27-13-8-23-49(55)50-37-35-46(40-56(50)61)62(57-28-14-9-22-47(57)42-19-4-3-5-20-42)45-34-36-48(54(39-45)44-33-32-41-18-6-7-21-43(41)38-44)51-24-10-15-29-58(51)63-59-30-16-11-25-52(59)53-26-12-17-31-60(53)63/h3-40H,1-2H3. The van der Waals surface area contributed by atoms with Gasteiger partial charge in [0.25, 0.3) is 0 Å². The molecule has 2 nitrogen and oxygen atoms in total. The molecule has 12 rings (SSSR count). The Hall–Kier alpha value is -7.94. The van der Waals surface area contributed by atoms with Gasteiger partial charge in [-0.05, 0) is 110 Å². The highest BCUT2D eigenvalue weighted by Crippen LogP contribution is 2.52. The number of nitrogens with zero attached hydrogens (tertiary/aromatic N) is 2. The Labute approximate surface area is 368 Å². The first kappa shape index (κ1) is 36.9. The first-order valence-corrected chi connectivity index (χ1v) is 21.9. The highest BCUT2D eigenvalue weighted by Gasteiger charge is 2.36. The average Bonchev–Trinajstić information content (AvgIpc) is 3.80. The van der Waals surface area contributed by atoms with E-state index in [1.165, 1.54) is 88.2 Å². The molecular weight excluding hydrogens is 761 g/mol. The van der Waals surface area contributed by atoms with Crippen LogP contribution in [0.1, 0.15) is 25.0 Å². The second kappa shape index (κ2) is 14.6. The van der Waals surface area contributed by atoms with E-state index >= 15 is 0 Å². The molecular formula is C61H44N2. The minimum absolute atomic E-state index is 0.150. The van der Waals surface area contributed by atoms with Gasteiger partial charge in [-0.15, -0.1) is 0 Å². The number of hydrogen-bond acceptors (Lipinski definition) is 1. The van der Waals surface area contributed by atoms with Crippen LogP contribution in [0.3, 0.4) is 0 Å². The Morgan fingerprint density at radius 2 is 0.921 bits per heavy atom. The number of fused-ring (bicyclic) bond motifs is 7. The fraction of sp³-hybridized carbons (Fsp3) is 0.0492. The monoisotopic (exact) mass is 804 g/mol. The van der Waals surface area contributed by atoms with E-state index in [-0.39, 0.29) is 5.41 Å². The molecule has 1 aliphatic carbocycles. The van der Waals surface area contributed by atoms with Gasteiger partial charge in [0, 0.05) is 38.7 Å². The van der Waals surface area contributed by atoms with E-state index in [0.717, 1.165) is 22.7 Å². The van der Waals surface area contributed by atoms with E-state index in [1.807, 2.05) is 0 Å². The molecule has 0 atom stereocenters. The molecule has 0 spiro atoms. The largest absolute Gasteiger partial charge is 0.310 e. The lowest BCUT2D eigenvalue weighted by Gasteiger charge is -2.30. The molecule has 0 amide bonds. The third kappa shape index (κ3) is 5.94. The molecule has 0 aliphatic heterocycles. The van der Waals surface area contributed by atoms with Crippen molar-refractivity contribution < 1.29 is 0 Å². The molecule has 1 heterocycles. The third-order valence-electron chi connectivity index (χ3n) is 13.4. The van der Waals surface area contributed by atoms with E-state index in [9.17, 15) is 0 Å². The Balaban J connectivity index is 1.12. The van der Waals surface area contributed by atoms with Crippen molar-refractivity contribution in [2.24, 2.45) is 0 Å². The molecule has 10 aromatic carbocycles. The molecule has 0 radical (unpaired) electrons. The zero-order valence-electron chi connectivity index (χ0n) is 35.3. The van der Waals surface area contributed by atoms with Crippen molar-refractivity contribution in [1.82, 2.24) is 4.57 Å². The summed E-state index contributed by atoms with van der Waals surface area (Å²) in [6.45, 7) is 4.73. The molecule has 63 heavy (non-hydrogen) atoms. The Morgan fingerprint density at radius 1 is 0.349 bits per heavy atom. The summed E-state index contributed by atoms with van der Waals surface area (Å²) >= 11 is 0. The number of rotatable bonds is 7. The van der Waals surface area contributed by atoms with Crippen molar-refractivity contribution in [3.05, 3.63) is 242 Å². The maximum absolute atomic E-state index is 2.48. The Bertz CT molecular complexity index is 3500. The molecule has 0 saturated heterocycles. The predicted molar refractivity (Wildman–Crippen MR) is 267 cm³/mol. The van der Waals surface area contributed by atoms with E-state index in [1.54, 1.807) is 0 Å². The summed E-state index contributed by atoms with van der Waals surface area (Å²) in [5.41, 5.74) is 19.1. The average molecular weight is 805 g/mol. The number of benzene rings is 10. The fourth-order valence-electron chi connectivity index (χ4n) is 10.4. The van der Waals surface area contributed by atoms with Gasteiger partial charge in [-0.1, -0.05) is 190 Å². The molecule has 0 saturated carbocycles. The lowest BCUT2D eigenvalue weighted by atomic mass is 9.82. The topological polar surface area (TPSA) is 8.17 Å². The summed E-state index contributed by atoms with van der Waals surface area (Å²) < 4.78 is 2.45. The van der Waals surface area contributed by atoms with Gasteiger partial charge < -0.3 is 9.47 Å². The first-order valence-electron chi connectivity index (χ1n) is 21.9. The van der Waals surface area contributed by atoms with Crippen molar-refractivity contribution in [3.8, 4) is 50.2 Å². The molecule has 1 aliphatic rings. The fourth-order valence-corrected chi connectivity index (χ4v) is 10.4. The minimum Gasteiger partial charge on any atom is -0.310 e. The van der Waals surface area contributed by atoms with Gasteiger partial charge in [-0.2, -0.15) is 0 Å². The van der Waals surface area contributed by atoms with Crippen LogP contribution in [0, 0.1) is 0 Å². The van der Waals surface area contributed by atoms with Gasteiger partial charge in [0.05, 0.1) is 22.4 Å². The highest BCUT2D eigenvalue weighted by atomic mass is 15.1. The molecule has 11 aromatic rings. The molecule has 0 fully saturated rings. The normalized spacial score (nSPS) is 12.7. The maximum atomic E-state index is 2.48. The molecule has 298 valence electrons. The van der Waals surface area contributed by atoms with E-state index in [2.05, 4.69) is 254 Å². The lowest BCUT2D eigenvalue weighted by Crippen LogP contribution is -2.17. The number of hydrogen-bond donors (Lipinski definition) is 0. The SMILES string of the molecule is CC1(C)c2ccccc2-c2ccc(N(c3ccc(-c4ccccc4-n4c5ccccc5c5ccccc54)c(-c4ccc5ccccc5c4)c3)c3ccccc3-c3ccccc3)cc21. The van der Waals surface area contributed by atoms with Crippen LogP contribution in [0.15, 0.2) is 231 Å². The van der Waals surface area contributed by atoms with Crippen LogP contribution in [-0.4, -0.2) is 4.57 Å². The summed E-state index contributed by atoms with van der Waals surface area (Å²) in [6, 6.07) is 84.9. The van der Waals surface area contributed by atoms with Crippen LogP contribution in [0.25, 0.3) is 82.8 Å². The summed E-state index contributed by atoms with van der Waals surface area (Å²) in [7, 11) is 0. The van der Waals surface area contributed by atoms with Crippen LogP contribution in [0.4, 0.5) is 17.1 Å². The van der Waals surface area contributed by atoms with E-state index < -0.39 is 0 Å². The van der Waals surface area contributed by atoms with Gasteiger partial charge in [0.1, 0.15) is 0 Å². The van der Waals surface area contributed by atoms with Crippen LogP contribution < -0.4 is 4.90 Å². The summed E-state index contributed by atoms with van der Waals surface area (Å²) in [6.07, 6.45) is 0. The zero-order valence-corrected chi connectivity index (χ0v) is 35.3. The number of anilines is 3. The van der Waals surface area contributed by atoms with Crippen LogP contribution in [-0.2, 0) is 5.41 Å². The maximum Gasteiger partial charge on any atom is 0.0541 e. The molecule has 2 heteroatoms. The highest BCUT2D eigenvalue weighted by molar-refractivity contribution is 6.10. The van der Waals surface area contributed by atoms with Gasteiger partial charge >= 0.3 is 0 Å². The van der Waals surface area contributed by atoms with Crippen LogP contribution >= 0.6 is 0 Å². The summed E-state index contributed by atoms with van der Waals surface area (Å²) in [5, 5.41) is 4.95. The molecule has 0 unspecified atom stereocenters. The van der Waals surface area contributed by atoms with Crippen LogP contribution in [0.2, 0.25) is 0 Å². The zero-order chi connectivity index (χ0) is 42.1. The molecule has 0 N–H and O–H groups in total. The van der Waals surface area contributed by atoms with Gasteiger partial charge in [0.15, 0.2) is 0 Å². The number of para-hydroxylation sites is 4. The van der Waals surface area contributed by atoms with Crippen molar-refractivity contribution in [1.29, 1.82) is 0 Å². The third-order valence-corrected chi connectivity index (χ3v) is 13.4. The summed E-state index contributed by atoms with van der Waals surface area (Å²) in [4.78, 5) is 2.48. The minimum atomic E-state index is -0.150. The molecule has 1 aromatic heterocycles. The van der Waals surface area contributed by atoms with E-state index in [4.69, 9.17) is 0 Å². The predicted octanol–water partition coefficient (Wildman–Crippen LogP) is 16.7. The quantitative estimate of drug-likeness (QED) is 0.156. The van der Waals surface area contributed by atoms with Crippen molar-refractivity contribution in [3.63, 3.8) is 0 Å². The van der Waals surface area contributed by atoms with Gasteiger partial charge in [-0.3, -0.25) is 0 Å². The van der Waals surface area contributed by atoms with E-state index in [0.29, 0.717) is 0 Å². The van der Waals surface area contributed by atoms with Crippen molar-refractivity contribution >= 4 is 49.6 Å². The smallest absolute Gasteiger partial charge is 0.0541 e. The summed E-state index contributed by atoms with van der Waals surface area (Å²) in [5.74, 6) is 0. The van der Waals surface area contributed by atoms with Crippen LogP contribution in [0.5, 0.6) is 0 Å². The Kier molecular flexibility index (Phi) is 8.55. The van der Waals surface area contributed by atoms with Crippen molar-refractivity contribution in [2.75, 3.05) is 4.90 Å². The lowest BCUT2D eigenvalue weighted by molar-refractivity contribution is 0.660. The first-order chi connectivity index (χ1) is 31.0. The second-order valence-electron chi connectivity index (χ2n) is 17.3. The van der Waals surface area contributed by atoms with Crippen molar-refractivity contribution in [2.45, 2.75) is 19.3 Å². The van der Waals surface area contributed by atoms with Gasteiger partial charge in [-0.25, -0.2) is 0 Å². The number of aromatic nitrogens is 1.